The van der Waals surface area contributed by atoms with Crippen LogP contribution in [0.15, 0.2) is 23.1 Å². The number of nitrogens with zero attached hydrogens (tertiary/aromatic N) is 1. The first-order valence-electron chi connectivity index (χ1n) is 5.29. The lowest BCUT2D eigenvalue weighted by atomic mass is 10.1. The van der Waals surface area contributed by atoms with Crippen molar-refractivity contribution >= 4 is 5.97 Å². The highest BCUT2D eigenvalue weighted by molar-refractivity contribution is 5.71. The van der Waals surface area contributed by atoms with Gasteiger partial charge >= 0.3 is 5.97 Å². The second kappa shape index (κ2) is 5.49. The number of esters is 1. The summed E-state index contributed by atoms with van der Waals surface area (Å²) in [6.07, 6.45) is 2.36. The number of aryl methyl sites for hydroxylation is 2. The highest BCUT2D eigenvalue weighted by Crippen LogP contribution is 2.05. The van der Waals surface area contributed by atoms with Crippen LogP contribution >= 0.6 is 0 Å². The van der Waals surface area contributed by atoms with Crippen LogP contribution in [-0.4, -0.2) is 17.6 Å². The zero-order valence-electron chi connectivity index (χ0n) is 9.90. The van der Waals surface area contributed by atoms with E-state index in [4.69, 9.17) is 0 Å². The van der Waals surface area contributed by atoms with E-state index in [1.807, 2.05) is 13.0 Å². The predicted octanol–water partition coefficient (Wildman–Crippen LogP) is 1.36. The Morgan fingerprint density at radius 3 is 2.81 bits per heavy atom. The van der Waals surface area contributed by atoms with Crippen molar-refractivity contribution in [2.75, 3.05) is 7.11 Å². The third-order valence-corrected chi connectivity index (χ3v) is 2.56. The molecule has 16 heavy (non-hydrogen) atoms. The fourth-order valence-electron chi connectivity index (χ4n) is 1.44. The number of pyridine rings is 1. The van der Waals surface area contributed by atoms with E-state index >= 15 is 0 Å². The summed E-state index contributed by atoms with van der Waals surface area (Å²) in [7, 11) is 1.37. The first-order chi connectivity index (χ1) is 7.54. The number of carbonyl (C=O) groups excluding carboxylic acids is 1. The van der Waals surface area contributed by atoms with Crippen molar-refractivity contribution in [1.29, 1.82) is 0 Å². The van der Waals surface area contributed by atoms with Crippen molar-refractivity contribution < 1.29 is 9.53 Å². The van der Waals surface area contributed by atoms with E-state index < -0.39 is 0 Å². The Hall–Kier alpha value is -1.58. The molecule has 1 atom stereocenters. The summed E-state index contributed by atoms with van der Waals surface area (Å²) in [6.45, 7) is 4.21. The summed E-state index contributed by atoms with van der Waals surface area (Å²) in [5.74, 6) is -0.418. The zero-order chi connectivity index (χ0) is 12.1. The van der Waals surface area contributed by atoms with Crippen LogP contribution in [0.2, 0.25) is 0 Å². The van der Waals surface area contributed by atoms with Gasteiger partial charge in [0.1, 0.15) is 0 Å². The highest BCUT2D eigenvalue weighted by Gasteiger charge is 2.12. The molecule has 0 saturated heterocycles. The number of aromatic nitrogens is 1. The fraction of sp³-hybridized carbons (Fsp3) is 0.500. The molecule has 1 rings (SSSR count). The summed E-state index contributed by atoms with van der Waals surface area (Å²) in [5.41, 5.74) is 0.916. The average molecular weight is 223 g/mol. The van der Waals surface area contributed by atoms with E-state index in [-0.39, 0.29) is 17.4 Å². The first kappa shape index (κ1) is 12.5. The molecule has 1 unspecified atom stereocenters. The first-order valence-corrected chi connectivity index (χ1v) is 5.29. The van der Waals surface area contributed by atoms with E-state index in [2.05, 4.69) is 4.74 Å². The molecule has 0 aliphatic rings. The van der Waals surface area contributed by atoms with Gasteiger partial charge < -0.3 is 9.30 Å². The Kier molecular flexibility index (Phi) is 4.28. The lowest BCUT2D eigenvalue weighted by Gasteiger charge is -2.10. The van der Waals surface area contributed by atoms with Gasteiger partial charge in [-0.25, -0.2) is 0 Å². The van der Waals surface area contributed by atoms with Crippen molar-refractivity contribution in [3.05, 3.63) is 34.2 Å². The molecule has 0 radical (unpaired) electrons. The second-order valence-corrected chi connectivity index (χ2v) is 3.95. The van der Waals surface area contributed by atoms with Gasteiger partial charge in [0.2, 0.25) is 0 Å². The number of hydrogen-bond donors (Lipinski definition) is 0. The SMILES string of the molecule is COC(=O)C(C)CCn1ccc(C)cc1=O. The van der Waals surface area contributed by atoms with Gasteiger partial charge in [0, 0.05) is 18.8 Å². The molecular weight excluding hydrogens is 206 g/mol. The molecule has 0 N–H and O–H groups in total. The number of carbonyl (C=O) groups is 1. The monoisotopic (exact) mass is 223 g/mol. The third-order valence-electron chi connectivity index (χ3n) is 2.56. The highest BCUT2D eigenvalue weighted by atomic mass is 16.5. The van der Waals surface area contributed by atoms with Gasteiger partial charge in [0.05, 0.1) is 13.0 Å². The van der Waals surface area contributed by atoms with Crippen LogP contribution in [0.3, 0.4) is 0 Å². The Labute approximate surface area is 94.9 Å². The molecular formula is C12H17NO3. The molecule has 88 valence electrons. The van der Waals surface area contributed by atoms with Gasteiger partial charge in [-0.05, 0) is 25.0 Å². The van der Waals surface area contributed by atoms with E-state index in [9.17, 15) is 9.59 Å². The smallest absolute Gasteiger partial charge is 0.308 e. The molecule has 4 heteroatoms. The third kappa shape index (κ3) is 3.22. The molecule has 0 aromatic carbocycles. The van der Waals surface area contributed by atoms with Gasteiger partial charge in [-0.3, -0.25) is 9.59 Å². The maximum atomic E-state index is 11.5. The van der Waals surface area contributed by atoms with Crippen LogP contribution in [0.5, 0.6) is 0 Å². The molecule has 0 spiro atoms. The van der Waals surface area contributed by atoms with Gasteiger partial charge in [0.15, 0.2) is 0 Å². The number of rotatable bonds is 4. The largest absolute Gasteiger partial charge is 0.469 e. The standard InChI is InChI=1S/C12H17NO3/c1-9-4-6-13(11(14)8-9)7-5-10(2)12(15)16-3/h4,6,8,10H,5,7H2,1-3H3. The second-order valence-electron chi connectivity index (χ2n) is 3.95. The zero-order valence-corrected chi connectivity index (χ0v) is 9.90. The van der Waals surface area contributed by atoms with Crippen molar-refractivity contribution in [2.45, 2.75) is 26.8 Å². The molecule has 0 aliphatic carbocycles. The topological polar surface area (TPSA) is 48.3 Å². The molecule has 1 aromatic rings. The number of methoxy groups -OCH3 is 1. The van der Waals surface area contributed by atoms with Gasteiger partial charge in [-0.2, -0.15) is 0 Å². The Bertz CT molecular complexity index is 423. The lowest BCUT2D eigenvalue weighted by Crippen LogP contribution is -2.22. The number of hydrogen-bond acceptors (Lipinski definition) is 3. The summed E-state index contributed by atoms with van der Waals surface area (Å²) in [6, 6.07) is 3.47. The van der Waals surface area contributed by atoms with Crippen LogP contribution in [0.25, 0.3) is 0 Å². The minimum absolute atomic E-state index is 0.0305. The molecule has 0 aliphatic heterocycles. The molecule has 0 amide bonds. The summed E-state index contributed by atoms with van der Waals surface area (Å²) < 4.78 is 6.23. The normalized spacial score (nSPS) is 12.2. The summed E-state index contributed by atoms with van der Waals surface area (Å²) >= 11 is 0. The predicted molar refractivity (Wildman–Crippen MR) is 61.2 cm³/mol. The molecule has 0 bridgehead atoms. The Balaban J connectivity index is 2.61. The fourth-order valence-corrected chi connectivity index (χ4v) is 1.44. The number of ether oxygens (including phenoxy) is 1. The molecule has 1 heterocycles. The Morgan fingerprint density at radius 2 is 2.25 bits per heavy atom. The maximum absolute atomic E-state index is 11.5. The van der Waals surface area contributed by atoms with Gasteiger partial charge in [-0.1, -0.05) is 6.92 Å². The van der Waals surface area contributed by atoms with E-state index in [1.165, 1.54) is 7.11 Å². The van der Waals surface area contributed by atoms with Crippen LogP contribution < -0.4 is 5.56 Å². The van der Waals surface area contributed by atoms with Crippen molar-refractivity contribution in [3.63, 3.8) is 0 Å². The van der Waals surface area contributed by atoms with Gasteiger partial charge in [0.25, 0.3) is 5.56 Å². The van der Waals surface area contributed by atoms with Crippen molar-refractivity contribution in [1.82, 2.24) is 4.57 Å². The molecule has 0 fully saturated rings. The minimum Gasteiger partial charge on any atom is -0.469 e. The average Bonchev–Trinajstić information content (AvgIpc) is 2.26. The molecule has 1 aromatic heterocycles. The summed E-state index contributed by atoms with van der Waals surface area (Å²) in [4.78, 5) is 22.7. The van der Waals surface area contributed by atoms with Gasteiger partial charge in [-0.15, -0.1) is 0 Å². The van der Waals surface area contributed by atoms with Crippen LogP contribution in [0.4, 0.5) is 0 Å². The molecule has 0 saturated carbocycles. The van der Waals surface area contributed by atoms with Crippen LogP contribution in [-0.2, 0) is 16.1 Å². The van der Waals surface area contributed by atoms with Crippen molar-refractivity contribution in [3.8, 4) is 0 Å². The Morgan fingerprint density at radius 1 is 1.56 bits per heavy atom. The van der Waals surface area contributed by atoms with Crippen LogP contribution in [0, 0.1) is 12.8 Å². The van der Waals surface area contributed by atoms with E-state index in [0.29, 0.717) is 13.0 Å². The summed E-state index contributed by atoms with van der Waals surface area (Å²) in [5, 5.41) is 0. The maximum Gasteiger partial charge on any atom is 0.308 e. The minimum atomic E-state index is -0.236. The van der Waals surface area contributed by atoms with Crippen LogP contribution in [0.1, 0.15) is 18.9 Å². The lowest BCUT2D eigenvalue weighted by molar-refractivity contribution is -0.145. The quantitative estimate of drug-likeness (QED) is 0.724. The molecule has 4 nitrogen and oxygen atoms in total. The van der Waals surface area contributed by atoms with Crippen molar-refractivity contribution in [2.24, 2.45) is 5.92 Å². The van der Waals surface area contributed by atoms with E-state index in [0.717, 1.165) is 5.56 Å². The van der Waals surface area contributed by atoms with E-state index in [1.54, 1.807) is 23.8 Å².